The molecule has 0 fully saturated rings. The van der Waals surface area contributed by atoms with Crippen LogP contribution in [0.1, 0.15) is 18.1 Å². The van der Waals surface area contributed by atoms with Gasteiger partial charge in [-0.15, -0.1) is 0 Å². The lowest BCUT2D eigenvalue weighted by Gasteiger charge is -1.97. The fraction of sp³-hybridized carbons (Fsp3) is 0.125. The Balaban J connectivity index is 3.11. The first kappa shape index (κ1) is 12.1. The molecule has 0 atom stereocenters. The fourth-order valence-electron chi connectivity index (χ4n) is 1.27. The van der Waals surface area contributed by atoms with Crippen LogP contribution in [0.5, 0.6) is 0 Å². The van der Waals surface area contributed by atoms with Crippen LogP contribution in [0.2, 0.25) is 0 Å². The number of aryl methyl sites for hydroxylation is 1. The molecule has 0 amide bonds. The molecule has 80 valence electrons. The van der Waals surface area contributed by atoms with Gasteiger partial charge >= 0.3 is 0 Å². The summed E-state index contributed by atoms with van der Waals surface area (Å²) in [6.07, 6.45) is 3.56. The van der Waals surface area contributed by atoms with Crippen molar-refractivity contribution in [2.75, 3.05) is 0 Å². The second-order valence-electron chi connectivity index (χ2n) is 3.57. The summed E-state index contributed by atoms with van der Waals surface area (Å²) in [7, 11) is 0. The number of benzene rings is 1. The first-order valence-corrected chi connectivity index (χ1v) is 5.22. The molecule has 0 saturated carbocycles. The van der Waals surface area contributed by atoms with Crippen molar-refractivity contribution in [2.45, 2.75) is 13.8 Å². The van der Waals surface area contributed by atoms with E-state index in [-0.39, 0.29) is 0 Å². The first-order chi connectivity index (χ1) is 7.69. The van der Waals surface area contributed by atoms with E-state index < -0.39 is 0 Å². The molecule has 0 nitrogen and oxygen atoms in total. The van der Waals surface area contributed by atoms with Crippen LogP contribution in [0.25, 0.3) is 0 Å². The smallest absolute Gasteiger partial charge is 0.0278 e. The van der Waals surface area contributed by atoms with Gasteiger partial charge in [-0.1, -0.05) is 55.3 Å². The third-order valence-electron chi connectivity index (χ3n) is 2.41. The topological polar surface area (TPSA) is 0 Å². The highest BCUT2D eigenvalue weighted by Gasteiger charge is 1.92. The average molecular weight is 208 g/mol. The molecule has 0 aliphatic carbocycles. The van der Waals surface area contributed by atoms with Gasteiger partial charge in [-0.05, 0) is 31.1 Å². The molecule has 0 radical (unpaired) electrons. The van der Waals surface area contributed by atoms with Crippen molar-refractivity contribution in [1.82, 2.24) is 0 Å². The molecule has 0 unspecified atom stereocenters. The Morgan fingerprint density at radius 2 is 1.88 bits per heavy atom. The van der Waals surface area contributed by atoms with E-state index in [2.05, 4.69) is 38.0 Å². The van der Waals surface area contributed by atoms with Gasteiger partial charge in [0.1, 0.15) is 0 Å². The lowest BCUT2D eigenvalue weighted by atomic mass is 10.1. The van der Waals surface area contributed by atoms with Gasteiger partial charge in [0.2, 0.25) is 0 Å². The van der Waals surface area contributed by atoms with Gasteiger partial charge in [0.15, 0.2) is 0 Å². The Bertz CT molecular complexity index is 490. The number of rotatable bonds is 2. The number of hydrogen-bond acceptors (Lipinski definition) is 0. The normalized spacial score (nSPS) is 10.9. The van der Waals surface area contributed by atoms with Gasteiger partial charge in [-0.3, -0.25) is 0 Å². The molecule has 0 aromatic heterocycles. The summed E-state index contributed by atoms with van der Waals surface area (Å²) in [5, 5.41) is 0. The Hall–Kier alpha value is -2.00. The van der Waals surface area contributed by atoms with Crippen molar-refractivity contribution in [2.24, 2.45) is 0 Å². The predicted molar refractivity (Wildman–Crippen MR) is 71.2 cm³/mol. The van der Waals surface area contributed by atoms with E-state index in [4.69, 9.17) is 0 Å². The molecule has 1 aromatic carbocycles. The molecule has 16 heavy (non-hydrogen) atoms. The predicted octanol–water partition coefficient (Wildman–Crippen LogP) is 4.04. The van der Waals surface area contributed by atoms with E-state index in [1.54, 1.807) is 12.2 Å². The molecule has 0 bridgehead atoms. The van der Waals surface area contributed by atoms with Crippen molar-refractivity contribution >= 4 is 0 Å². The minimum absolute atomic E-state index is 0.929. The molecule has 0 spiro atoms. The molecule has 0 saturated heterocycles. The largest absolute Gasteiger partial charge is 0.0988 e. The summed E-state index contributed by atoms with van der Waals surface area (Å²) in [6.45, 7) is 11.5. The maximum Gasteiger partial charge on any atom is 0.0278 e. The fourth-order valence-corrected chi connectivity index (χ4v) is 1.27. The van der Waals surface area contributed by atoms with Gasteiger partial charge in [0.25, 0.3) is 0 Å². The molecule has 0 N–H and O–H groups in total. The van der Waals surface area contributed by atoms with E-state index in [0.717, 1.165) is 16.7 Å². The summed E-state index contributed by atoms with van der Waals surface area (Å²) in [6, 6.07) is 8.09. The standard InChI is InChI=1S/C16H16/c1-5-13(3)15(6-2)11-12-16-10-8-7-9-14(16)4/h5-10H,1-2H2,3-4H3/b15-13+. The molecule has 0 aliphatic rings. The molecule has 0 heteroatoms. The maximum atomic E-state index is 3.76. The molecule has 0 heterocycles. The van der Waals surface area contributed by atoms with Gasteiger partial charge in [-0.2, -0.15) is 0 Å². The van der Waals surface area contributed by atoms with Gasteiger partial charge in [-0.25, -0.2) is 0 Å². The third kappa shape index (κ3) is 3.00. The van der Waals surface area contributed by atoms with Crippen molar-refractivity contribution < 1.29 is 0 Å². The highest BCUT2D eigenvalue weighted by molar-refractivity contribution is 5.50. The van der Waals surface area contributed by atoms with Crippen molar-refractivity contribution in [3.05, 3.63) is 71.8 Å². The first-order valence-electron chi connectivity index (χ1n) is 5.22. The highest BCUT2D eigenvalue weighted by atomic mass is 14.0. The van der Waals surface area contributed by atoms with Crippen LogP contribution in [0.15, 0.2) is 60.7 Å². The Morgan fingerprint density at radius 3 is 2.44 bits per heavy atom. The Morgan fingerprint density at radius 1 is 1.19 bits per heavy atom. The minimum atomic E-state index is 0.929. The zero-order valence-electron chi connectivity index (χ0n) is 9.88. The molecular formula is C16H16. The number of hydrogen-bond donors (Lipinski definition) is 0. The van der Waals surface area contributed by atoms with Crippen LogP contribution < -0.4 is 0 Å². The lowest BCUT2D eigenvalue weighted by Crippen LogP contribution is -1.82. The monoisotopic (exact) mass is 208 g/mol. The second kappa shape index (κ2) is 5.78. The van der Waals surface area contributed by atoms with E-state index in [9.17, 15) is 0 Å². The summed E-state index contributed by atoms with van der Waals surface area (Å²) in [5.41, 5.74) is 4.22. The Kier molecular flexibility index (Phi) is 4.36. The molecular weight excluding hydrogens is 192 g/mol. The molecule has 0 aliphatic heterocycles. The van der Waals surface area contributed by atoms with Crippen LogP contribution in [0.4, 0.5) is 0 Å². The van der Waals surface area contributed by atoms with Crippen LogP contribution >= 0.6 is 0 Å². The highest BCUT2D eigenvalue weighted by Crippen LogP contribution is 2.08. The van der Waals surface area contributed by atoms with E-state index >= 15 is 0 Å². The van der Waals surface area contributed by atoms with Crippen LogP contribution in [0, 0.1) is 18.8 Å². The number of allylic oxidation sites excluding steroid dienone is 4. The summed E-state index contributed by atoms with van der Waals surface area (Å²) in [5.74, 6) is 6.27. The van der Waals surface area contributed by atoms with Gasteiger partial charge < -0.3 is 0 Å². The van der Waals surface area contributed by atoms with Gasteiger partial charge in [0, 0.05) is 11.1 Å². The quantitative estimate of drug-likeness (QED) is 0.508. The maximum absolute atomic E-state index is 3.76. The summed E-state index contributed by atoms with van der Waals surface area (Å²) in [4.78, 5) is 0. The summed E-state index contributed by atoms with van der Waals surface area (Å²) < 4.78 is 0. The minimum Gasteiger partial charge on any atom is -0.0988 e. The van der Waals surface area contributed by atoms with Gasteiger partial charge in [0.05, 0.1) is 0 Å². The zero-order chi connectivity index (χ0) is 12.0. The SMILES string of the molecule is C=C/C(C)=C(/C#Cc1ccccc1C)C=C. The molecule has 1 rings (SSSR count). The Labute approximate surface area is 98.0 Å². The zero-order valence-corrected chi connectivity index (χ0v) is 9.88. The van der Waals surface area contributed by atoms with Crippen LogP contribution in [0.3, 0.4) is 0 Å². The third-order valence-corrected chi connectivity index (χ3v) is 2.41. The lowest BCUT2D eigenvalue weighted by molar-refractivity contribution is 1.43. The second-order valence-corrected chi connectivity index (χ2v) is 3.57. The van der Waals surface area contributed by atoms with Crippen LogP contribution in [-0.4, -0.2) is 0 Å². The van der Waals surface area contributed by atoms with E-state index in [1.807, 2.05) is 25.1 Å². The summed E-state index contributed by atoms with van der Waals surface area (Å²) >= 11 is 0. The average Bonchev–Trinajstić information content (AvgIpc) is 2.31. The van der Waals surface area contributed by atoms with E-state index in [0.29, 0.717) is 0 Å². The molecule has 1 aromatic rings. The van der Waals surface area contributed by atoms with E-state index in [1.165, 1.54) is 5.56 Å². The van der Waals surface area contributed by atoms with Crippen molar-refractivity contribution in [3.63, 3.8) is 0 Å². The van der Waals surface area contributed by atoms with Crippen molar-refractivity contribution in [1.29, 1.82) is 0 Å². The van der Waals surface area contributed by atoms with Crippen molar-refractivity contribution in [3.8, 4) is 11.8 Å². The van der Waals surface area contributed by atoms with Crippen LogP contribution in [-0.2, 0) is 0 Å².